The maximum absolute atomic E-state index is 6.74. The van der Waals surface area contributed by atoms with E-state index in [1.54, 1.807) is 0 Å². The molecule has 0 amide bonds. The Morgan fingerprint density at radius 3 is 2.56 bits per heavy atom. The van der Waals surface area contributed by atoms with Crippen LogP contribution in [0.1, 0.15) is 37.7 Å². The third kappa shape index (κ3) is 2.65. The Kier molecular flexibility index (Phi) is 3.94. The highest BCUT2D eigenvalue weighted by atomic mass is 16.5. The topological polar surface area (TPSA) is 21.7 Å². The average molecular weight is 337 g/mol. The van der Waals surface area contributed by atoms with E-state index in [0.29, 0.717) is 0 Å². The molecule has 5 rings (SSSR count). The second-order valence-electron chi connectivity index (χ2n) is 7.98. The van der Waals surface area contributed by atoms with Crippen molar-refractivity contribution in [1.82, 2.24) is 4.90 Å². The molecule has 1 saturated heterocycles. The van der Waals surface area contributed by atoms with Gasteiger partial charge in [-0.25, -0.2) is 0 Å². The SMILES string of the molecule is c1ccc2c3c(ccc2c1)OC(N1CCOCC1)C1(CCCCC1)C3. The molecule has 132 valence electrons. The first kappa shape index (κ1) is 15.7. The Morgan fingerprint density at radius 1 is 0.920 bits per heavy atom. The van der Waals surface area contributed by atoms with Gasteiger partial charge in [0.2, 0.25) is 0 Å². The van der Waals surface area contributed by atoms with Crippen molar-refractivity contribution in [1.29, 1.82) is 0 Å². The van der Waals surface area contributed by atoms with E-state index in [4.69, 9.17) is 9.47 Å². The first-order valence-corrected chi connectivity index (χ1v) is 9.85. The van der Waals surface area contributed by atoms with Gasteiger partial charge in [0.1, 0.15) is 5.75 Å². The first-order valence-electron chi connectivity index (χ1n) is 9.85. The van der Waals surface area contributed by atoms with Crippen LogP contribution in [0.3, 0.4) is 0 Å². The van der Waals surface area contributed by atoms with E-state index in [2.05, 4.69) is 41.3 Å². The minimum Gasteiger partial charge on any atom is -0.474 e. The maximum Gasteiger partial charge on any atom is 0.158 e. The van der Waals surface area contributed by atoms with Gasteiger partial charge in [0.25, 0.3) is 0 Å². The van der Waals surface area contributed by atoms with E-state index in [0.717, 1.165) is 38.5 Å². The summed E-state index contributed by atoms with van der Waals surface area (Å²) < 4.78 is 12.3. The molecule has 2 heterocycles. The lowest BCUT2D eigenvalue weighted by Crippen LogP contribution is -2.58. The average Bonchev–Trinajstić information content (AvgIpc) is 2.69. The summed E-state index contributed by atoms with van der Waals surface area (Å²) >= 11 is 0. The van der Waals surface area contributed by atoms with E-state index < -0.39 is 0 Å². The van der Waals surface area contributed by atoms with E-state index in [1.165, 1.54) is 48.4 Å². The zero-order valence-corrected chi connectivity index (χ0v) is 14.9. The van der Waals surface area contributed by atoms with Crippen molar-refractivity contribution in [2.45, 2.75) is 44.8 Å². The zero-order valence-electron chi connectivity index (χ0n) is 14.9. The minimum absolute atomic E-state index is 0.213. The lowest BCUT2D eigenvalue weighted by atomic mass is 9.67. The van der Waals surface area contributed by atoms with Gasteiger partial charge in [-0.05, 0) is 36.1 Å². The number of hydrogen-bond donors (Lipinski definition) is 0. The van der Waals surface area contributed by atoms with Crippen LogP contribution in [0.5, 0.6) is 5.75 Å². The fourth-order valence-electron chi connectivity index (χ4n) is 5.25. The predicted octanol–water partition coefficient (Wildman–Crippen LogP) is 4.38. The number of fused-ring (bicyclic) bond motifs is 3. The molecule has 3 nitrogen and oxygen atoms in total. The molecule has 3 heteroatoms. The Labute approximate surface area is 149 Å². The number of hydrogen-bond acceptors (Lipinski definition) is 3. The fraction of sp³-hybridized carbons (Fsp3) is 0.545. The second-order valence-corrected chi connectivity index (χ2v) is 7.98. The molecule has 1 unspecified atom stereocenters. The van der Waals surface area contributed by atoms with Crippen LogP contribution < -0.4 is 4.74 Å². The molecule has 1 spiro atoms. The Bertz CT molecular complexity index is 760. The molecular weight excluding hydrogens is 310 g/mol. The minimum atomic E-state index is 0.213. The zero-order chi connectivity index (χ0) is 16.7. The summed E-state index contributed by atoms with van der Waals surface area (Å²) in [6.07, 6.45) is 8.00. The van der Waals surface area contributed by atoms with Crippen molar-refractivity contribution >= 4 is 10.8 Å². The number of benzene rings is 2. The summed E-state index contributed by atoms with van der Waals surface area (Å²) in [4.78, 5) is 2.55. The van der Waals surface area contributed by atoms with Gasteiger partial charge in [-0.1, -0.05) is 49.6 Å². The largest absolute Gasteiger partial charge is 0.474 e. The number of ether oxygens (including phenoxy) is 2. The van der Waals surface area contributed by atoms with Gasteiger partial charge in [0, 0.05) is 24.1 Å². The van der Waals surface area contributed by atoms with E-state index >= 15 is 0 Å². The molecule has 2 aliphatic heterocycles. The van der Waals surface area contributed by atoms with E-state index in [9.17, 15) is 0 Å². The van der Waals surface area contributed by atoms with Crippen LogP contribution in [0.2, 0.25) is 0 Å². The standard InChI is InChI=1S/C22H27NO2/c1-4-10-22(11-5-1)16-19-18-7-3-2-6-17(18)8-9-20(19)25-21(22)23-12-14-24-15-13-23/h2-3,6-9,21H,1,4-5,10-16H2. The van der Waals surface area contributed by atoms with Gasteiger partial charge in [-0.2, -0.15) is 0 Å². The highest BCUT2D eigenvalue weighted by Crippen LogP contribution is 2.50. The number of morpholine rings is 1. The molecule has 2 aromatic rings. The first-order chi connectivity index (χ1) is 12.4. The van der Waals surface area contributed by atoms with Crippen molar-refractivity contribution < 1.29 is 9.47 Å². The summed E-state index contributed by atoms with van der Waals surface area (Å²) in [5.74, 6) is 1.10. The van der Waals surface area contributed by atoms with Gasteiger partial charge < -0.3 is 9.47 Å². The number of nitrogens with zero attached hydrogens (tertiary/aromatic N) is 1. The van der Waals surface area contributed by atoms with Crippen LogP contribution in [-0.2, 0) is 11.2 Å². The van der Waals surface area contributed by atoms with Gasteiger partial charge in [0.15, 0.2) is 6.23 Å². The molecule has 3 aliphatic rings. The van der Waals surface area contributed by atoms with Crippen LogP contribution in [0.15, 0.2) is 36.4 Å². The molecule has 0 radical (unpaired) electrons. The van der Waals surface area contributed by atoms with Gasteiger partial charge in [-0.3, -0.25) is 4.90 Å². The van der Waals surface area contributed by atoms with Crippen LogP contribution in [-0.4, -0.2) is 37.4 Å². The summed E-state index contributed by atoms with van der Waals surface area (Å²) in [5, 5.41) is 2.71. The van der Waals surface area contributed by atoms with Crippen molar-refractivity contribution in [2.75, 3.05) is 26.3 Å². The summed E-state index contributed by atoms with van der Waals surface area (Å²) in [6, 6.07) is 13.2. The highest BCUT2D eigenvalue weighted by Gasteiger charge is 2.48. The molecule has 0 N–H and O–H groups in total. The van der Waals surface area contributed by atoms with Crippen LogP contribution in [0, 0.1) is 5.41 Å². The molecule has 2 fully saturated rings. The van der Waals surface area contributed by atoms with Crippen molar-refractivity contribution in [3.8, 4) is 5.75 Å². The quantitative estimate of drug-likeness (QED) is 0.771. The lowest BCUT2D eigenvalue weighted by Gasteiger charge is -2.51. The van der Waals surface area contributed by atoms with Gasteiger partial charge in [0.05, 0.1) is 13.2 Å². The fourth-order valence-corrected chi connectivity index (χ4v) is 5.25. The third-order valence-electron chi connectivity index (χ3n) is 6.52. The second kappa shape index (κ2) is 6.30. The molecule has 25 heavy (non-hydrogen) atoms. The van der Waals surface area contributed by atoms with Crippen LogP contribution in [0.25, 0.3) is 10.8 Å². The molecule has 1 atom stereocenters. The normalized spacial score (nSPS) is 26.3. The monoisotopic (exact) mass is 337 g/mol. The summed E-state index contributed by atoms with van der Waals surface area (Å²) in [5.41, 5.74) is 1.71. The van der Waals surface area contributed by atoms with Gasteiger partial charge in [-0.15, -0.1) is 0 Å². The van der Waals surface area contributed by atoms with Crippen LogP contribution in [0.4, 0.5) is 0 Å². The van der Waals surface area contributed by atoms with E-state index in [1.807, 2.05) is 0 Å². The van der Waals surface area contributed by atoms with Crippen LogP contribution >= 0.6 is 0 Å². The highest BCUT2D eigenvalue weighted by molar-refractivity contribution is 5.88. The molecule has 1 aliphatic carbocycles. The smallest absolute Gasteiger partial charge is 0.158 e. The molecular formula is C22H27NO2. The summed E-state index contributed by atoms with van der Waals surface area (Å²) in [6.45, 7) is 3.66. The Hall–Kier alpha value is -1.58. The molecule has 0 aromatic heterocycles. The van der Waals surface area contributed by atoms with Crippen molar-refractivity contribution in [3.63, 3.8) is 0 Å². The molecule has 0 bridgehead atoms. The molecule has 1 saturated carbocycles. The summed E-state index contributed by atoms with van der Waals surface area (Å²) in [7, 11) is 0. The van der Waals surface area contributed by atoms with Crippen molar-refractivity contribution in [2.24, 2.45) is 5.41 Å². The van der Waals surface area contributed by atoms with Gasteiger partial charge >= 0.3 is 0 Å². The molecule has 2 aromatic carbocycles. The Balaban J connectivity index is 1.59. The predicted molar refractivity (Wildman–Crippen MR) is 100.0 cm³/mol. The van der Waals surface area contributed by atoms with E-state index in [-0.39, 0.29) is 11.6 Å². The lowest BCUT2D eigenvalue weighted by molar-refractivity contribution is -0.129. The maximum atomic E-state index is 6.74. The third-order valence-corrected chi connectivity index (χ3v) is 6.52. The Morgan fingerprint density at radius 2 is 1.72 bits per heavy atom. The number of rotatable bonds is 1. The van der Waals surface area contributed by atoms with Crippen molar-refractivity contribution in [3.05, 3.63) is 42.0 Å².